The van der Waals surface area contributed by atoms with Gasteiger partial charge >= 0.3 is 0 Å². The molecule has 0 radical (unpaired) electrons. The maximum absolute atomic E-state index is 11.7. The van der Waals surface area contributed by atoms with Gasteiger partial charge in [0, 0.05) is 12.1 Å². The second kappa shape index (κ2) is 5.27. The van der Waals surface area contributed by atoms with Crippen LogP contribution in [-0.4, -0.2) is 25.8 Å². The van der Waals surface area contributed by atoms with Crippen LogP contribution in [0.1, 0.15) is 46.0 Å². The largest absolute Gasteiger partial charge is 0.326 e. The molecule has 15 heavy (non-hydrogen) atoms. The van der Waals surface area contributed by atoms with Gasteiger partial charge in [-0.3, -0.25) is 0 Å². The van der Waals surface area contributed by atoms with Crippen molar-refractivity contribution in [1.29, 1.82) is 0 Å². The molecule has 2 unspecified atom stereocenters. The molecule has 0 bridgehead atoms. The minimum absolute atomic E-state index is 0.0268. The van der Waals surface area contributed by atoms with E-state index in [1.54, 1.807) is 13.8 Å². The van der Waals surface area contributed by atoms with E-state index in [1.165, 1.54) is 0 Å². The molecule has 1 aliphatic carbocycles. The topological polar surface area (TPSA) is 72.2 Å². The SMILES string of the molecule is CC(C)S(=O)(=O)NC1CCCCCC1N. The van der Waals surface area contributed by atoms with E-state index in [4.69, 9.17) is 5.73 Å². The van der Waals surface area contributed by atoms with Crippen LogP contribution < -0.4 is 10.5 Å². The minimum Gasteiger partial charge on any atom is -0.326 e. The van der Waals surface area contributed by atoms with Crippen molar-refractivity contribution in [2.24, 2.45) is 5.73 Å². The summed E-state index contributed by atoms with van der Waals surface area (Å²) in [5.41, 5.74) is 5.96. The van der Waals surface area contributed by atoms with Crippen molar-refractivity contribution in [3.05, 3.63) is 0 Å². The van der Waals surface area contributed by atoms with Crippen molar-refractivity contribution in [1.82, 2.24) is 4.72 Å². The Morgan fingerprint density at radius 3 is 2.40 bits per heavy atom. The molecule has 0 aromatic rings. The number of nitrogens with two attached hydrogens (primary N) is 1. The van der Waals surface area contributed by atoms with Crippen molar-refractivity contribution in [3.63, 3.8) is 0 Å². The van der Waals surface area contributed by atoms with Crippen LogP contribution in [0.5, 0.6) is 0 Å². The summed E-state index contributed by atoms with van der Waals surface area (Å²) in [5.74, 6) is 0. The van der Waals surface area contributed by atoms with E-state index >= 15 is 0 Å². The monoisotopic (exact) mass is 234 g/mol. The Hall–Kier alpha value is -0.130. The van der Waals surface area contributed by atoms with Crippen LogP contribution in [0.25, 0.3) is 0 Å². The van der Waals surface area contributed by atoms with Crippen LogP contribution in [0.2, 0.25) is 0 Å². The van der Waals surface area contributed by atoms with Crippen molar-refractivity contribution < 1.29 is 8.42 Å². The highest BCUT2D eigenvalue weighted by atomic mass is 32.2. The zero-order chi connectivity index (χ0) is 11.5. The highest BCUT2D eigenvalue weighted by Gasteiger charge is 2.26. The van der Waals surface area contributed by atoms with Crippen molar-refractivity contribution in [2.45, 2.75) is 63.3 Å². The second-order valence-corrected chi connectivity index (χ2v) is 6.89. The Balaban J connectivity index is 2.63. The van der Waals surface area contributed by atoms with E-state index in [-0.39, 0.29) is 17.3 Å². The maximum Gasteiger partial charge on any atom is 0.214 e. The molecule has 3 N–H and O–H groups in total. The Bertz CT molecular complexity index is 288. The van der Waals surface area contributed by atoms with Crippen LogP contribution in [0.4, 0.5) is 0 Å². The summed E-state index contributed by atoms with van der Waals surface area (Å²) < 4.78 is 26.1. The number of hydrogen-bond donors (Lipinski definition) is 2. The fourth-order valence-electron chi connectivity index (χ4n) is 1.83. The summed E-state index contributed by atoms with van der Waals surface area (Å²) in [6.45, 7) is 3.37. The van der Waals surface area contributed by atoms with Crippen LogP contribution in [0.15, 0.2) is 0 Å². The lowest BCUT2D eigenvalue weighted by Crippen LogP contribution is -2.48. The molecular formula is C10H22N2O2S. The first kappa shape index (κ1) is 12.9. The Morgan fingerprint density at radius 2 is 1.80 bits per heavy atom. The van der Waals surface area contributed by atoms with E-state index in [9.17, 15) is 8.42 Å². The first-order chi connectivity index (χ1) is 6.93. The Labute approximate surface area is 92.7 Å². The molecule has 0 aliphatic heterocycles. The van der Waals surface area contributed by atoms with E-state index < -0.39 is 10.0 Å². The smallest absolute Gasteiger partial charge is 0.214 e. The lowest BCUT2D eigenvalue weighted by molar-refractivity contribution is 0.454. The van der Waals surface area contributed by atoms with Gasteiger partial charge < -0.3 is 5.73 Å². The van der Waals surface area contributed by atoms with Crippen molar-refractivity contribution >= 4 is 10.0 Å². The van der Waals surface area contributed by atoms with Gasteiger partial charge in [0.05, 0.1) is 5.25 Å². The summed E-state index contributed by atoms with van der Waals surface area (Å²) in [6.07, 6.45) is 5.13. The normalized spacial score (nSPS) is 29.1. The molecule has 2 atom stereocenters. The molecule has 0 aromatic heterocycles. The molecule has 0 aromatic carbocycles. The third-order valence-electron chi connectivity index (χ3n) is 3.01. The second-order valence-electron chi connectivity index (χ2n) is 4.62. The summed E-state index contributed by atoms with van der Waals surface area (Å²) in [4.78, 5) is 0. The molecule has 0 heterocycles. The average Bonchev–Trinajstić information content (AvgIpc) is 2.31. The molecule has 5 heteroatoms. The predicted molar refractivity (Wildman–Crippen MR) is 62.0 cm³/mol. The molecule has 1 saturated carbocycles. The number of rotatable bonds is 3. The van der Waals surface area contributed by atoms with Gasteiger partial charge in [-0.15, -0.1) is 0 Å². The summed E-state index contributed by atoms with van der Waals surface area (Å²) in [5, 5.41) is -0.382. The first-order valence-corrected chi connectivity index (χ1v) is 7.25. The zero-order valence-corrected chi connectivity index (χ0v) is 10.4. The predicted octanol–water partition coefficient (Wildman–Crippen LogP) is 0.974. The van der Waals surface area contributed by atoms with Crippen molar-refractivity contribution in [3.8, 4) is 0 Å². The molecule has 4 nitrogen and oxygen atoms in total. The van der Waals surface area contributed by atoms with Crippen LogP contribution in [0, 0.1) is 0 Å². The maximum atomic E-state index is 11.7. The highest BCUT2D eigenvalue weighted by molar-refractivity contribution is 7.90. The van der Waals surface area contributed by atoms with Gasteiger partial charge in [0.15, 0.2) is 0 Å². The van der Waals surface area contributed by atoms with Gasteiger partial charge in [-0.1, -0.05) is 19.3 Å². The van der Waals surface area contributed by atoms with Gasteiger partial charge in [0.1, 0.15) is 0 Å². The van der Waals surface area contributed by atoms with Crippen molar-refractivity contribution in [2.75, 3.05) is 0 Å². The van der Waals surface area contributed by atoms with Gasteiger partial charge in [0.2, 0.25) is 10.0 Å². The number of sulfonamides is 1. The molecule has 1 rings (SSSR count). The third kappa shape index (κ3) is 3.74. The average molecular weight is 234 g/mol. The summed E-state index contributed by atoms with van der Waals surface area (Å²) >= 11 is 0. The molecule has 90 valence electrons. The van der Waals surface area contributed by atoms with Crippen LogP contribution in [-0.2, 0) is 10.0 Å². The third-order valence-corrected chi connectivity index (χ3v) is 4.88. The van der Waals surface area contributed by atoms with E-state index in [2.05, 4.69) is 4.72 Å². The van der Waals surface area contributed by atoms with Gasteiger partial charge in [-0.05, 0) is 26.7 Å². The van der Waals surface area contributed by atoms with Crippen LogP contribution >= 0.6 is 0 Å². The highest BCUT2D eigenvalue weighted by Crippen LogP contribution is 2.17. The van der Waals surface area contributed by atoms with E-state index in [1.807, 2.05) is 0 Å². The van der Waals surface area contributed by atoms with E-state index in [0.717, 1.165) is 32.1 Å². The van der Waals surface area contributed by atoms with Gasteiger partial charge in [0.25, 0.3) is 0 Å². The molecule has 1 fully saturated rings. The fourth-order valence-corrected chi connectivity index (χ4v) is 2.82. The molecular weight excluding hydrogens is 212 g/mol. The van der Waals surface area contributed by atoms with Gasteiger partial charge in [-0.25, -0.2) is 13.1 Å². The molecule has 0 saturated heterocycles. The molecule has 1 aliphatic rings. The standard InChI is InChI=1S/C10H22N2O2S/c1-8(2)15(13,14)12-10-7-5-3-4-6-9(10)11/h8-10,12H,3-7,11H2,1-2H3. The van der Waals surface area contributed by atoms with E-state index in [0.29, 0.717) is 0 Å². The molecule has 0 spiro atoms. The van der Waals surface area contributed by atoms with Gasteiger partial charge in [-0.2, -0.15) is 0 Å². The summed E-state index contributed by atoms with van der Waals surface area (Å²) in [7, 11) is -3.18. The lowest BCUT2D eigenvalue weighted by Gasteiger charge is -2.23. The molecule has 0 amide bonds. The quantitative estimate of drug-likeness (QED) is 0.715. The Kier molecular flexibility index (Phi) is 4.55. The minimum atomic E-state index is -3.18. The number of nitrogens with one attached hydrogen (secondary N) is 1. The summed E-state index contributed by atoms with van der Waals surface area (Å²) in [6, 6.07) is -0.0964. The Morgan fingerprint density at radius 1 is 1.20 bits per heavy atom. The first-order valence-electron chi connectivity index (χ1n) is 5.70. The zero-order valence-electron chi connectivity index (χ0n) is 9.57. The lowest BCUT2D eigenvalue weighted by atomic mass is 10.1. The van der Waals surface area contributed by atoms with Crippen LogP contribution in [0.3, 0.4) is 0 Å². The fraction of sp³-hybridized carbons (Fsp3) is 1.00. The number of hydrogen-bond acceptors (Lipinski definition) is 3.